The van der Waals surface area contributed by atoms with Crippen LogP contribution >= 0.6 is 0 Å². The van der Waals surface area contributed by atoms with E-state index in [1.54, 1.807) is 24.3 Å². The van der Waals surface area contributed by atoms with Gasteiger partial charge in [-0.15, -0.1) is 0 Å². The lowest BCUT2D eigenvalue weighted by atomic mass is 10.2. The minimum atomic E-state index is -1.82. The second-order valence-corrected chi connectivity index (χ2v) is 4.91. The first-order valence-corrected chi connectivity index (χ1v) is 8.56. The van der Waals surface area contributed by atoms with Crippen LogP contribution in [-0.4, -0.2) is 82.7 Å². The van der Waals surface area contributed by atoms with E-state index in [2.05, 4.69) is 10.1 Å². The summed E-state index contributed by atoms with van der Waals surface area (Å²) < 4.78 is 10.0. The zero-order chi connectivity index (χ0) is 22.8. The van der Waals surface area contributed by atoms with Gasteiger partial charge >= 0.3 is 23.9 Å². The van der Waals surface area contributed by atoms with E-state index in [0.717, 1.165) is 0 Å². The van der Waals surface area contributed by atoms with Gasteiger partial charge in [0.1, 0.15) is 24.0 Å². The molecule has 1 aromatic rings. The van der Waals surface area contributed by atoms with E-state index in [1.165, 1.54) is 7.11 Å². The van der Waals surface area contributed by atoms with Crippen molar-refractivity contribution in [2.45, 2.75) is 26.4 Å². The maximum Gasteiger partial charge on any atom is 0.414 e. The summed E-state index contributed by atoms with van der Waals surface area (Å²) in [5, 5.41) is 35.8. The fourth-order valence-corrected chi connectivity index (χ4v) is 1.58. The Hall–Kier alpha value is -3.22. The van der Waals surface area contributed by atoms with E-state index in [4.69, 9.17) is 29.6 Å². The molecule has 1 aromatic carbocycles. The number of carbonyl (C=O) groups is 4. The van der Waals surface area contributed by atoms with Crippen LogP contribution < -0.4 is 10.1 Å². The monoisotopic (exact) mass is 435 g/mol. The van der Waals surface area contributed by atoms with Gasteiger partial charge in [-0.1, -0.05) is 26.0 Å². The van der Waals surface area contributed by atoms with Crippen molar-refractivity contribution in [3.63, 3.8) is 0 Å². The van der Waals surface area contributed by atoms with Crippen LogP contribution in [0.1, 0.15) is 30.6 Å². The van der Waals surface area contributed by atoms with Crippen LogP contribution in [0.3, 0.4) is 0 Å². The lowest BCUT2D eigenvalue weighted by Crippen LogP contribution is -2.32. The second kappa shape index (κ2) is 19.1. The Kier molecular flexibility index (Phi) is 20.1. The molecule has 7 N–H and O–H groups in total. The maximum absolute atomic E-state index is 11.5. The molecule has 0 saturated heterocycles. The van der Waals surface area contributed by atoms with Gasteiger partial charge < -0.3 is 40.7 Å². The van der Waals surface area contributed by atoms with Crippen molar-refractivity contribution in [2.24, 2.45) is 0 Å². The first-order chi connectivity index (χ1) is 13.7. The van der Waals surface area contributed by atoms with Gasteiger partial charge in [0.2, 0.25) is 0 Å². The number of carboxylic acids is 3. The van der Waals surface area contributed by atoms with Crippen LogP contribution in [0.15, 0.2) is 24.3 Å². The van der Waals surface area contributed by atoms with Gasteiger partial charge in [-0.25, -0.2) is 14.4 Å². The van der Waals surface area contributed by atoms with E-state index in [-0.39, 0.29) is 37.2 Å². The summed E-state index contributed by atoms with van der Waals surface area (Å²) in [4.78, 5) is 40.0. The summed E-state index contributed by atoms with van der Waals surface area (Å²) in [7, 11) is 1.28. The van der Waals surface area contributed by atoms with Crippen molar-refractivity contribution in [2.75, 3.05) is 26.8 Å². The molecule has 0 radical (unpaired) electrons. The molecular weight excluding hydrogens is 406 g/mol. The van der Waals surface area contributed by atoms with Crippen LogP contribution in [0.25, 0.3) is 0 Å². The lowest BCUT2D eigenvalue weighted by Gasteiger charge is -2.14. The smallest absolute Gasteiger partial charge is 0.414 e. The zero-order valence-electron chi connectivity index (χ0n) is 17.0. The van der Waals surface area contributed by atoms with Gasteiger partial charge in [0.15, 0.2) is 0 Å². The summed E-state index contributed by atoms with van der Waals surface area (Å²) in [5.41, 5.74) is 0.283. The number of hydrogen-bond donors (Lipinski definition) is 5. The topological polar surface area (TPSA) is 211 Å². The second-order valence-electron chi connectivity index (χ2n) is 4.91. The summed E-state index contributed by atoms with van der Waals surface area (Å²) in [6.45, 7) is 4.45. The molecule has 1 atom stereocenters. The van der Waals surface area contributed by atoms with Gasteiger partial charge in [-0.05, 0) is 12.1 Å². The Morgan fingerprint density at radius 2 is 1.57 bits per heavy atom. The van der Waals surface area contributed by atoms with Crippen molar-refractivity contribution in [3.8, 4) is 5.75 Å². The highest BCUT2D eigenvalue weighted by Crippen LogP contribution is 2.18. The van der Waals surface area contributed by atoms with Crippen LogP contribution in [0.5, 0.6) is 5.75 Å². The standard InChI is InChI=1S/C14H19NO6.C2H2O4.C2H6.H2O/c1-20-14(19)11-4-2-3-5-12(11)21-9-10(16)8-15-7-6-13(17)18;3-1(4)2(5)6;1-2;/h2-5,10,15-16H,6-9H2,1H3,(H,17,18);(H,3,4)(H,5,6);1-2H3;1H2. The van der Waals surface area contributed by atoms with Gasteiger partial charge in [0, 0.05) is 13.1 Å². The number of benzene rings is 1. The third-order valence-electron chi connectivity index (χ3n) is 2.80. The molecule has 12 heteroatoms. The fourth-order valence-electron chi connectivity index (χ4n) is 1.58. The van der Waals surface area contributed by atoms with E-state index in [9.17, 15) is 14.7 Å². The third-order valence-corrected chi connectivity index (χ3v) is 2.80. The average Bonchev–Trinajstić information content (AvgIpc) is 2.71. The number of ether oxygens (including phenoxy) is 2. The Balaban J connectivity index is -0.000000696. The van der Waals surface area contributed by atoms with Crippen LogP contribution in [0.4, 0.5) is 0 Å². The molecule has 0 bridgehead atoms. The number of carbonyl (C=O) groups excluding carboxylic acids is 1. The van der Waals surface area contributed by atoms with E-state index in [0.29, 0.717) is 5.75 Å². The molecule has 0 heterocycles. The van der Waals surface area contributed by atoms with Gasteiger partial charge in [-0.3, -0.25) is 4.79 Å². The number of hydrogen-bond acceptors (Lipinski definition) is 8. The number of methoxy groups -OCH3 is 1. The quantitative estimate of drug-likeness (QED) is 0.192. The first kappa shape index (κ1) is 31.5. The highest BCUT2D eigenvalue weighted by Gasteiger charge is 2.13. The summed E-state index contributed by atoms with van der Waals surface area (Å²) >= 11 is 0. The number of carboxylic acid groups (broad SMARTS) is 3. The molecule has 30 heavy (non-hydrogen) atoms. The molecule has 1 rings (SSSR count). The summed E-state index contributed by atoms with van der Waals surface area (Å²) in [6.07, 6.45) is -0.830. The Bertz CT molecular complexity index is 637. The van der Waals surface area contributed by atoms with Crippen molar-refractivity contribution in [1.29, 1.82) is 0 Å². The number of esters is 1. The summed E-state index contributed by atoms with van der Waals surface area (Å²) in [5.74, 6) is -4.74. The molecule has 0 spiro atoms. The number of aliphatic hydroxyl groups excluding tert-OH is 1. The van der Waals surface area contributed by atoms with Gasteiger partial charge in [0.25, 0.3) is 0 Å². The normalized spacial score (nSPS) is 9.87. The first-order valence-electron chi connectivity index (χ1n) is 8.56. The maximum atomic E-state index is 11.5. The minimum absolute atomic E-state index is 0. The van der Waals surface area contributed by atoms with Crippen LogP contribution in [0.2, 0.25) is 0 Å². The molecule has 0 aliphatic heterocycles. The van der Waals surface area contributed by atoms with E-state index in [1.807, 2.05) is 13.8 Å². The lowest BCUT2D eigenvalue weighted by molar-refractivity contribution is -0.159. The molecule has 172 valence electrons. The Labute approximate surface area is 173 Å². The van der Waals surface area contributed by atoms with Crippen LogP contribution in [-0.2, 0) is 19.1 Å². The van der Waals surface area contributed by atoms with E-state index < -0.39 is 30.0 Å². The molecule has 0 aromatic heterocycles. The molecule has 1 unspecified atom stereocenters. The SMILES string of the molecule is CC.COC(=O)c1ccccc1OCC(O)CNCCC(=O)O.O.O=C(O)C(=O)O. The van der Waals surface area contributed by atoms with Crippen molar-refractivity contribution >= 4 is 23.9 Å². The number of aliphatic hydroxyl groups is 1. The largest absolute Gasteiger partial charge is 0.490 e. The molecule has 0 amide bonds. The molecule has 0 saturated carbocycles. The highest BCUT2D eigenvalue weighted by atomic mass is 16.5. The molecule has 0 aliphatic rings. The van der Waals surface area contributed by atoms with Crippen molar-refractivity contribution in [1.82, 2.24) is 5.32 Å². The van der Waals surface area contributed by atoms with Crippen molar-refractivity contribution in [3.05, 3.63) is 29.8 Å². The van der Waals surface area contributed by atoms with Crippen molar-refractivity contribution < 1.29 is 54.6 Å². The summed E-state index contributed by atoms with van der Waals surface area (Å²) in [6, 6.07) is 6.57. The third kappa shape index (κ3) is 15.8. The van der Waals surface area contributed by atoms with Gasteiger partial charge in [-0.2, -0.15) is 0 Å². The average molecular weight is 435 g/mol. The predicted octanol–water partition coefficient (Wildman–Crippen LogP) is -0.366. The zero-order valence-corrected chi connectivity index (χ0v) is 17.0. The number of aliphatic carboxylic acids is 3. The Morgan fingerprint density at radius 3 is 2.03 bits per heavy atom. The van der Waals surface area contributed by atoms with Crippen LogP contribution in [0, 0.1) is 0 Å². The Morgan fingerprint density at radius 1 is 1.03 bits per heavy atom. The fraction of sp³-hybridized carbons (Fsp3) is 0.444. The number of para-hydroxylation sites is 1. The van der Waals surface area contributed by atoms with E-state index >= 15 is 0 Å². The minimum Gasteiger partial charge on any atom is -0.490 e. The number of rotatable bonds is 9. The number of nitrogens with one attached hydrogen (secondary N) is 1. The molecular formula is C18H29NO11. The molecule has 0 aliphatic carbocycles. The predicted molar refractivity (Wildman–Crippen MR) is 105 cm³/mol. The molecule has 12 nitrogen and oxygen atoms in total. The molecule has 0 fully saturated rings. The highest BCUT2D eigenvalue weighted by molar-refractivity contribution is 6.27. The van der Waals surface area contributed by atoms with Gasteiger partial charge in [0.05, 0.1) is 13.5 Å².